The van der Waals surface area contributed by atoms with Crippen LogP contribution >= 0.6 is 0 Å². The Balaban J connectivity index is 2.19. The Kier molecular flexibility index (Phi) is 14.5. The highest BCUT2D eigenvalue weighted by molar-refractivity contribution is 5.85. The Morgan fingerprint density at radius 1 is 0.587 bits per heavy atom. The fourth-order valence-electron chi connectivity index (χ4n) is 5.68. The van der Waals surface area contributed by atoms with Crippen LogP contribution in [-0.2, 0) is 23.7 Å². The first kappa shape index (κ1) is 39.5. The van der Waals surface area contributed by atoms with Gasteiger partial charge in [0.15, 0.2) is 0 Å². The first-order valence-electron chi connectivity index (χ1n) is 17.8. The van der Waals surface area contributed by atoms with Gasteiger partial charge in [-0.2, -0.15) is 0 Å². The fourth-order valence-corrected chi connectivity index (χ4v) is 5.68. The van der Waals surface area contributed by atoms with E-state index in [9.17, 15) is 10.2 Å². The molecule has 258 valence electrons. The minimum atomic E-state index is -0.0615. The van der Waals surface area contributed by atoms with Crippen LogP contribution in [0.5, 0.6) is 11.5 Å². The van der Waals surface area contributed by atoms with Crippen LogP contribution in [0, 0.1) is 0 Å². The lowest BCUT2D eigenvalue weighted by Crippen LogP contribution is -2.44. The van der Waals surface area contributed by atoms with Crippen molar-refractivity contribution in [2.45, 2.75) is 106 Å². The van der Waals surface area contributed by atoms with E-state index in [1.165, 1.54) is 0 Å². The number of nitrogens with zero attached hydrogens (tertiary/aromatic N) is 4. The van der Waals surface area contributed by atoms with E-state index in [-0.39, 0.29) is 22.3 Å². The summed E-state index contributed by atoms with van der Waals surface area (Å²) in [6.45, 7) is 29.5. The second kappa shape index (κ2) is 16.9. The summed E-state index contributed by atoms with van der Waals surface area (Å²) in [6.07, 6.45) is 7.00. The lowest BCUT2D eigenvalue weighted by molar-refractivity contribution is -0.906. The van der Waals surface area contributed by atoms with Gasteiger partial charge in [-0.05, 0) is 73.6 Å². The molecule has 0 aliphatic rings. The average Bonchev–Trinajstić information content (AvgIpc) is 3.00. The Morgan fingerprint density at radius 3 is 1.20 bits per heavy atom. The molecular formula is C40H66N4O2. The monoisotopic (exact) mass is 635 g/mol. The third kappa shape index (κ3) is 11.5. The zero-order valence-electron chi connectivity index (χ0n) is 31.6. The van der Waals surface area contributed by atoms with E-state index >= 15 is 0 Å². The Morgan fingerprint density at radius 2 is 0.913 bits per heavy atom. The lowest BCUT2D eigenvalue weighted by atomic mass is 9.84. The molecule has 2 rings (SSSR count). The Hall–Kier alpha value is -2.70. The minimum Gasteiger partial charge on any atom is -0.872 e. The molecule has 0 bridgehead atoms. The minimum absolute atomic E-state index is 0.0615. The number of aryl methyl sites for hydroxylation is 2. The molecule has 0 spiro atoms. The molecule has 0 aromatic heterocycles. The third-order valence-corrected chi connectivity index (χ3v) is 10.3. The van der Waals surface area contributed by atoms with Crippen LogP contribution < -0.4 is 10.2 Å². The van der Waals surface area contributed by atoms with Crippen LogP contribution in [0.25, 0.3) is 0 Å². The summed E-state index contributed by atoms with van der Waals surface area (Å²) in [7, 11) is 4.58. The largest absolute Gasteiger partial charge is 0.872 e. The van der Waals surface area contributed by atoms with E-state index in [0.717, 1.165) is 96.2 Å². The van der Waals surface area contributed by atoms with Crippen molar-refractivity contribution in [1.82, 2.24) is 0 Å². The number of hydrogen-bond donors (Lipinski definition) is 0. The molecule has 0 aliphatic heterocycles. The molecule has 0 amide bonds. The van der Waals surface area contributed by atoms with Crippen molar-refractivity contribution in [3.05, 3.63) is 57.6 Å². The second-order valence-corrected chi connectivity index (χ2v) is 15.8. The third-order valence-electron chi connectivity index (χ3n) is 10.3. The summed E-state index contributed by atoms with van der Waals surface area (Å²) in [5, 5.41) is 26.9. The Bertz CT molecular complexity index is 1200. The zero-order valence-corrected chi connectivity index (χ0v) is 31.6. The van der Waals surface area contributed by atoms with E-state index in [4.69, 9.17) is 0 Å². The van der Waals surface area contributed by atoms with Gasteiger partial charge in [0.25, 0.3) is 0 Å². The smallest absolute Gasteiger partial charge is 0.0787 e. The highest BCUT2D eigenvalue weighted by atomic mass is 16.3. The topological polar surface area (TPSA) is 70.8 Å². The molecule has 2 aromatic rings. The van der Waals surface area contributed by atoms with E-state index in [1.54, 1.807) is 12.4 Å². The van der Waals surface area contributed by atoms with Gasteiger partial charge in [-0.15, -0.1) is 0 Å². The summed E-state index contributed by atoms with van der Waals surface area (Å²) in [6, 6.07) is 8.22. The number of hydrogen-bond acceptors (Lipinski definition) is 4. The molecule has 6 heteroatoms. The van der Waals surface area contributed by atoms with Gasteiger partial charge < -0.3 is 19.2 Å². The molecule has 0 saturated carbocycles. The SMILES string of the molecule is CC[N+](C)(CC)CCCc1cc(C(C)(C)C)cc(C=NCCN=Cc2cc(C(C)(C)C)cc(CCC[N+](C)(CC)CC)c2[O-])c1[O-]. The van der Waals surface area contributed by atoms with Crippen molar-refractivity contribution < 1.29 is 19.2 Å². The molecule has 2 aromatic carbocycles. The van der Waals surface area contributed by atoms with Crippen molar-refractivity contribution in [1.29, 1.82) is 0 Å². The van der Waals surface area contributed by atoms with Gasteiger partial charge in [0.1, 0.15) is 0 Å². The summed E-state index contributed by atoms with van der Waals surface area (Å²) < 4.78 is 2.04. The normalized spacial score (nSPS) is 13.4. The molecule has 0 atom stereocenters. The van der Waals surface area contributed by atoms with E-state index in [0.29, 0.717) is 24.2 Å². The number of quaternary nitrogens is 2. The highest BCUT2D eigenvalue weighted by Crippen LogP contribution is 2.31. The summed E-state index contributed by atoms with van der Waals surface area (Å²) >= 11 is 0. The first-order valence-corrected chi connectivity index (χ1v) is 17.8. The van der Waals surface area contributed by atoms with Crippen molar-refractivity contribution in [2.75, 3.05) is 66.5 Å². The first-order chi connectivity index (χ1) is 21.4. The molecule has 6 nitrogen and oxygen atoms in total. The molecule has 0 fully saturated rings. The maximum absolute atomic E-state index is 13.4. The van der Waals surface area contributed by atoms with Crippen molar-refractivity contribution in [2.24, 2.45) is 9.98 Å². The van der Waals surface area contributed by atoms with Crippen LogP contribution in [0.1, 0.15) is 115 Å². The predicted molar refractivity (Wildman–Crippen MR) is 195 cm³/mol. The molecule has 0 N–H and O–H groups in total. The van der Waals surface area contributed by atoms with E-state index in [1.807, 2.05) is 12.1 Å². The van der Waals surface area contributed by atoms with Gasteiger partial charge in [-0.25, -0.2) is 0 Å². The van der Waals surface area contributed by atoms with Crippen LogP contribution in [0.15, 0.2) is 34.3 Å². The Labute approximate surface area is 282 Å². The molecule has 46 heavy (non-hydrogen) atoms. The van der Waals surface area contributed by atoms with Crippen molar-refractivity contribution in [3.63, 3.8) is 0 Å². The van der Waals surface area contributed by atoms with Gasteiger partial charge in [0, 0.05) is 25.3 Å². The summed E-state index contributed by atoms with van der Waals surface area (Å²) in [4.78, 5) is 9.20. The van der Waals surface area contributed by atoms with E-state index < -0.39 is 0 Å². The van der Waals surface area contributed by atoms with Crippen LogP contribution in [0.4, 0.5) is 0 Å². The van der Waals surface area contributed by atoms with Crippen molar-refractivity contribution >= 4 is 12.4 Å². The highest BCUT2D eigenvalue weighted by Gasteiger charge is 2.20. The molecular weight excluding hydrogens is 568 g/mol. The predicted octanol–water partition coefficient (Wildman–Crippen LogP) is 6.80. The molecule has 0 saturated heterocycles. The van der Waals surface area contributed by atoms with Crippen LogP contribution in [0.3, 0.4) is 0 Å². The maximum Gasteiger partial charge on any atom is 0.0787 e. The average molecular weight is 635 g/mol. The quantitative estimate of drug-likeness (QED) is 0.109. The van der Waals surface area contributed by atoms with Gasteiger partial charge in [0.05, 0.1) is 66.5 Å². The molecule has 0 unspecified atom stereocenters. The second-order valence-electron chi connectivity index (χ2n) is 15.8. The maximum atomic E-state index is 13.4. The van der Waals surface area contributed by atoms with Gasteiger partial charge >= 0.3 is 0 Å². The molecule has 0 radical (unpaired) electrons. The van der Waals surface area contributed by atoms with Gasteiger partial charge in [-0.1, -0.05) is 88.4 Å². The van der Waals surface area contributed by atoms with Gasteiger partial charge in [0.2, 0.25) is 0 Å². The number of rotatable bonds is 17. The standard InChI is InChI=1S/C40H66N4O2/c1-13-43(11,14-2)23-17-19-31-25-35(39(5,6)7)27-33(37(31)45)29-41-21-22-42-30-34-28-36(40(8,9)10)26-32(38(34)46)20-18-24-44(12,15-3)16-4/h25-30H,13-24H2,1-12H3. The summed E-state index contributed by atoms with van der Waals surface area (Å²) in [5.74, 6) is 0.170. The van der Waals surface area contributed by atoms with Crippen molar-refractivity contribution in [3.8, 4) is 11.5 Å². The lowest BCUT2D eigenvalue weighted by Gasteiger charge is -2.32. The van der Waals surface area contributed by atoms with E-state index in [2.05, 4.69) is 105 Å². The van der Waals surface area contributed by atoms with Crippen LogP contribution in [-0.4, -0.2) is 87.8 Å². The zero-order chi connectivity index (χ0) is 34.8. The molecule has 0 aliphatic carbocycles. The fraction of sp³-hybridized carbons (Fsp3) is 0.650. The molecule has 0 heterocycles. The number of benzene rings is 2. The van der Waals surface area contributed by atoms with Crippen LogP contribution in [0.2, 0.25) is 0 Å². The number of aliphatic imine (C=N–C) groups is 2. The van der Waals surface area contributed by atoms with Gasteiger partial charge in [-0.3, -0.25) is 9.98 Å². The summed E-state index contributed by atoms with van der Waals surface area (Å²) in [5.41, 5.74) is 5.28.